The van der Waals surface area contributed by atoms with Gasteiger partial charge in [-0.3, -0.25) is 4.90 Å². The predicted molar refractivity (Wildman–Crippen MR) is 58.9 cm³/mol. The van der Waals surface area contributed by atoms with Gasteiger partial charge < -0.3 is 15.2 Å². The van der Waals surface area contributed by atoms with Gasteiger partial charge in [0.15, 0.2) is 0 Å². The van der Waals surface area contributed by atoms with Crippen molar-refractivity contribution in [3.63, 3.8) is 0 Å². The highest BCUT2D eigenvalue weighted by atomic mass is 16.5. The van der Waals surface area contributed by atoms with E-state index in [1.54, 1.807) is 0 Å². The number of aliphatic hydroxyl groups excluding tert-OH is 1. The van der Waals surface area contributed by atoms with Gasteiger partial charge in [0.05, 0.1) is 19.8 Å². The summed E-state index contributed by atoms with van der Waals surface area (Å²) in [5.74, 6) is 0. The van der Waals surface area contributed by atoms with E-state index in [2.05, 4.69) is 10.2 Å². The van der Waals surface area contributed by atoms with Gasteiger partial charge in [-0.1, -0.05) is 0 Å². The number of nitrogens with one attached hydrogen (secondary N) is 1. The van der Waals surface area contributed by atoms with Crippen LogP contribution in [0, 0.1) is 0 Å². The van der Waals surface area contributed by atoms with Crippen LogP contribution < -0.4 is 5.32 Å². The molecule has 0 spiro atoms. The van der Waals surface area contributed by atoms with Crippen LogP contribution in [0.1, 0.15) is 19.3 Å². The minimum absolute atomic E-state index is 0.131. The van der Waals surface area contributed by atoms with Gasteiger partial charge in [-0.15, -0.1) is 0 Å². The van der Waals surface area contributed by atoms with Gasteiger partial charge in [0.1, 0.15) is 0 Å². The minimum Gasteiger partial charge on any atom is -0.394 e. The fourth-order valence-corrected chi connectivity index (χ4v) is 2.58. The van der Waals surface area contributed by atoms with Crippen molar-refractivity contribution < 1.29 is 9.84 Å². The number of hydrogen-bond donors (Lipinski definition) is 2. The first kappa shape index (κ1) is 11.3. The lowest BCUT2D eigenvalue weighted by molar-refractivity contribution is 0.0726. The van der Waals surface area contributed by atoms with Crippen LogP contribution in [0.2, 0.25) is 0 Å². The van der Waals surface area contributed by atoms with Crippen molar-refractivity contribution in [3.05, 3.63) is 0 Å². The molecule has 0 saturated carbocycles. The van der Waals surface area contributed by atoms with Gasteiger partial charge >= 0.3 is 0 Å². The number of likely N-dealkylation sites (tertiary alicyclic amines) is 1. The largest absolute Gasteiger partial charge is 0.394 e. The second-order valence-electron chi connectivity index (χ2n) is 4.56. The molecule has 2 unspecified atom stereocenters. The molecule has 2 aliphatic rings. The first-order valence-electron chi connectivity index (χ1n) is 6.05. The van der Waals surface area contributed by atoms with E-state index in [1.165, 1.54) is 32.4 Å². The van der Waals surface area contributed by atoms with E-state index < -0.39 is 0 Å². The van der Waals surface area contributed by atoms with E-state index in [9.17, 15) is 0 Å². The Labute approximate surface area is 91.6 Å². The van der Waals surface area contributed by atoms with E-state index in [0.29, 0.717) is 12.6 Å². The average Bonchev–Trinajstić information content (AvgIpc) is 2.56. The van der Waals surface area contributed by atoms with E-state index in [-0.39, 0.29) is 6.61 Å². The molecule has 4 nitrogen and oxygen atoms in total. The zero-order chi connectivity index (χ0) is 10.5. The summed E-state index contributed by atoms with van der Waals surface area (Å²) in [5.41, 5.74) is 0. The molecule has 2 rings (SSSR count). The van der Waals surface area contributed by atoms with Crippen molar-refractivity contribution in [2.45, 2.75) is 31.3 Å². The fourth-order valence-electron chi connectivity index (χ4n) is 2.58. The zero-order valence-electron chi connectivity index (χ0n) is 9.32. The lowest BCUT2D eigenvalue weighted by Gasteiger charge is -2.23. The molecule has 0 aromatic heterocycles. The second kappa shape index (κ2) is 5.80. The van der Waals surface area contributed by atoms with Crippen molar-refractivity contribution in [3.8, 4) is 0 Å². The van der Waals surface area contributed by atoms with Crippen molar-refractivity contribution >= 4 is 0 Å². The fraction of sp³-hybridized carbons (Fsp3) is 1.00. The van der Waals surface area contributed by atoms with E-state index in [1.807, 2.05) is 0 Å². The molecule has 2 heterocycles. The Kier molecular flexibility index (Phi) is 4.38. The summed E-state index contributed by atoms with van der Waals surface area (Å²) in [6, 6.07) is 1.47. The summed E-state index contributed by atoms with van der Waals surface area (Å²) in [5, 5.41) is 12.2. The second-order valence-corrected chi connectivity index (χ2v) is 4.56. The Bertz CT molecular complexity index is 189. The van der Waals surface area contributed by atoms with E-state index in [4.69, 9.17) is 9.84 Å². The standard InChI is InChI=1S/C11H22N2O2/c14-6-8-15-7-5-13-4-3-10-1-2-11(9-13)12-10/h10-12,14H,1-9H2. The zero-order valence-corrected chi connectivity index (χ0v) is 9.32. The minimum atomic E-state index is 0.131. The highest BCUT2D eigenvalue weighted by Gasteiger charge is 2.28. The third-order valence-electron chi connectivity index (χ3n) is 3.39. The number of nitrogens with zero attached hydrogens (tertiary/aromatic N) is 1. The third kappa shape index (κ3) is 3.41. The molecule has 15 heavy (non-hydrogen) atoms. The molecule has 2 fully saturated rings. The van der Waals surface area contributed by atoms with Gasteiger partial charge in [-0.25, -0.2) is 0 Å². The molecule has 88 valence electrons. The topological polar surface area (TPSA) is 44.7 Å². The van der Waals surface area contributed by atoms with E-state index >= 15 is 0 Å². The van der Waals surface area contributed by atoms with Crippen molar-refractivity contribution in [1.82, 2.24) is 10.2 Å². The molecule has 2 bridgehead atoms. The predicted octanol–water partition coefficient (Wildman–Crippen LogP) is -0.178. The monoisotopic (exact) mass is 214 g/mol. The molecule has 0 aromatic rings. The van der Waals surface area contributed by atoms with Crippen LogP contribution in [0.15, 0.2) is 0 Å². The Morgan fingerprint density at radius 2 is 2.07 bits per heavy atom. The summed E-state index contributed by atoms with van der Waals surface area (Å²) in [6.45, 7) is 4.71. The van der Waals surface area contributed by atoms with Gasteiger partial charge in [0, 0.05) is 25.2 Å². The molecule has 2 saturated heterocycles. The molecule has 0 aliphatic carbocycles. The van der Waals surface area contributed by atoms with Crippen LogP contribution in [0.4, 0.5) is 0 Å². The van der Waals surface area contributed by atoms with Crippen LogP contribution in [0.5, 0.6) is 0 Å². The van der Waals surface area contributed by atoms with Crippen molar-refractivity contribution in [2.75, 3.05) is 39.5 Å². The number of ether oxygens (including phenoxy) is 1. The maximum Gasteiger partial charge on any atom is 0.0698 e. The number of aliphatic hydroxyl groups is 1. The number of fused-ring (bicyclic) bond motifs is 2. The molecule has 2 N–H and O–H groups in total. The normalized spacial score (nSPS) is 31.8. The summed E-state index contributed by atoms with van der Waals surface area (Å²) in [6.07, 6.45) is 3.97. The summed E-state index contributed by atoms with van der Waals surface area (Å²) < 4.78 is 5.29. The van der Waals surface area contributed by atoms with Gasteiger partial charge in [0.25, 0.3) is 0 Å². The molecule has 2 atom stereocenters. The average molecular weight is 214 g/mol. The van der Waals surface area contributed by atoms with Crippen LogP contribution in [0.3, 0.4) is 0 Å². The summed E-state index contributed by atoms with van der Waals surface area (Å²) >= 11 is 0. The van der Waals surface area contributed by atoms with Crippen LogP contribution >= 0.6 is 0 Å². The Hall–Kier alpha value is -0.160. The summed E-state index contributed by atoms with van der Waals surface area (Å²) in [4.78, 5) is 2.48. The molecular formula is C11H22N2O2. The highest BCUT2D eigenvalue weighted by molar-refractivity contribution is 4.89. The Morgan fingerprint density at radius 3 is 2.93 bits per heavy atom. The maximum absolute atomic E-state index is 8.59. The Morgan fingerprint density at radius 1 is 1.20 bits per heavy atom. The SMILES string of the molecule is OCCOCCN1CCC2CCC(C1)N2. The quantitative estimate of drug-likeness (QED) is 0.623. The van der Waals surface area contributed by atoms with Crippen LogP contribution in [0.25, 0.3) is 0 Å². The molecule has 2 aliphatic heterocycles. The Balaban J connectivity index is 1.65. The lowest BCUT2D eigenvalue weighted by atomic mass is 10.1. The van der Waals surface area contributed by atoms with Gasteiger partial charge in [-0.05, 0) is 25.8 Å². The molecule has 0 amide bonds. The lowest BCUT2D eigenvalue weighted by Crippen LogP contribution is -2.37. The maximum atomic E-state index is 8.59. The highest BCUT2D eigenvalue weighted by Crippen LogP contribution is 2.19. The molecular weight excluding hydrogens is 192 g/mol. The van der Waals surface area contributed by atoms with Crippen molar-refractivity contribution in [2.24, 2.45) is 0 Å². The van der Waals surface area contributed by atoms with Crippen LogP contribution in [-0.2, 0) is 4.74 Å². The third-order valence-corrected chi connectivity index (χ3v) is 3.39. The van der Waals surface area contributed by atoms with Gasteiger partial charge in [-0.2, -0.15) is 0 Å². The van der Waals surface area contributed by atoms with Gasteiger partial charge in [0.2, 0.25) is 0 Å². The smallest absolute Gasteiger partial charge is 0.0698 e. The van der Waals surface area contributed by atoms with Crippen molar-refractivity contribution in [1.29, 1.82) is 0 Å². The number of rotatable bonds is 5. The molecule has 0 aromatic carbocycles. The van der Waals surface area contributed by atoms with Crippen LogP contribution in [-0.4, -0.2) is 61.5 Å². The molecule has 0 radical (unpaired) electrons. The molecule has 4 heteroatoms. The number of hydrogen-bond acceptors (Lipinski definition) is 4. The summed E-state index contributed by atoms with van der Waals surface area (Å²) in [7, 11) is 0. The first-order valence-corrected chi connectivity index (χ1v) is 6.05. The first-order chi connectivity index (χ1) is 7.38. The van der Waals surface area contributed by atoms with E-state index in [0.717, 1.165) is 19.2 Å².